The van der Waals surface area contributed by atoms with Gasteiger partial charge in [-0.1, -0.05) is 24.9 Å². The van der Waals surface area contributed by atoms with Crippen molar-refractivity contribution in [3.8, 4) is 0 Å². The summed E-state index contributed by atoms with van der Waals surface area (Å²) in [5.41, 5.74) is 0.800. The van der Waals surface area contributed by atoms with E-state index in [0.29, 0.717) is 11.1 Å². The molecule has 1 unspecified atom stereocenters. The largest absolute Gasteiger partial charge is 0.381 e. The van der Waals surface area contributed by atoms with Gasteiger partial charge in [0, 0.05) is 6.04 Å². The molecule has 0 aliphatic heterocycles. The zero-order chi connectivity index (χ0) is 10.6. The van der Waals surface area contributed by atoms with Crippen LogP contribution in [0.15, 0.2) is 18.2 Å². The van der Waals surface area contributed by atoms with Gasteiger partial charge in [-0.3, -0.25) is 0 Å². The number of anilines is 1. The Balaban J connectivity index is 2.67. The van der Waals surface area contributed by atoms with E-state index in [9.17, 15) is 4.39 Å². The van der Waals surface area contributed by atoms with Gasteiger partial charge in [-0.05, 0) is 31.5 Å². The highest BCUT2D eigenvalue weighted by Crippen LogP contribution is 2.23. The summed E-state index contributed by atoms with van der Waals surface area (Å²) in [4.78, 5) is 0. The molecule has 78 valence electrons. The zero-order valence-corrected chi connectivity index (χ0v) is 9.24. The molecule has 0 radical (unpaired) electrons. The van der Waals surface area contributed by atoms with Crippen molar-refractivity contribution in [2.24, 2.45) is 0 Å². The number of hydrogen-bond donors (Lipinski definition) is 1. The van der Waals surface area contributed by atoms with Crippen LogP contribution in [0.25, 0.3) is 0 Å². The quantitative estimate of drug-likeness (QED) is 0.798. The molecule has 0 aromatic heterocycles. The van der Waals surface area contributed by atoms with E-state index >= 15 is 0 Å². The van der Waals surface area contributed by atoms with Crippen LogP contribution in [0.2, 0.25) is 5.02 Å². The predicted molar refractivity (Wildman–Crippen MR) is 59.4 cm³/mol. The maximum Gasteiger partial charge on any atom is 0.124 e. The standard InChI is InChI=1S/C11H15ClFN/c1-3-4-8(2)14-11-6-5-9(13)7-10(11)12/h5-8,14H,3-4H2,1-2H3. The summed E-state index contributed by atoms with van der Waals surface area (Å²) < 4.78 is 12.7. The van der Waals surface area contributed by atoms with Gasteiger partial charge in [0.25, 0.3) is 0 Å². The Morgan fingerprint density at radius 1 is 1.50 bits per heavy atom. The third-order valence-electron chi connectivity index (χ3n) is 2.05. The molecule has 0 spiro atoms. The van der Waals surface area contributed by atoms with Crippen molar-refractivity contribution in [1.82, 2.24) is 0 Å². The molecule has 0 fully saturated rings. The fourth-order valence-corrected chi connectivity index (χ4v) is 1.60. The van der Waals surface area contributed by atoms with Crippen LogP contribution in [-0.2, 0) is 0 Å². The highest BCUT2D eigenvalue weighted by atomic mass is 35.5. The van der Waals surface area contributed by atoms with Crippen LogP contribution in [0.3, 0.4) is 0 Å². The maximum absolute atomic E-state index is 12.7. The molecule has 0 bridgehead atoms. The van der Waals surface area contributed by atoms with Gasteiger partial charge >= 0.3 is 0 Å². The second-order valence-electron chi connectivity index (χ2n) is 3.46. The Hall–Kier alpha value is -0.760. The third-order valence-corrected chi connectivity index (χ3v) is 2.37. The first kappa shape index (κ1) is 11.3. The molecule has 14 heavy (non-hydrogen) atoms. The van der Waals surface area contributed by atoms with Crippen LogP contribution in [0.5, 0.6) is 0 Å². The van der Waals surface area contributed by atoms with Crippen molar-refractivity contribution >= 4 is 17.3 Å². The lowest BCUT2D eigenvalue weighted by Gasteiger charge is -2.15. The van der Waals surface area contributed by atoms with Crippen LogP contribution >= 0.6 is 11.6 Å². The first-order chi connectivity index (χ1) is 6.63. The summed E-state index contributed by atoms with van der Waals surface area (Å²) in [5.74, 6) is -0.302. The van der Waals surface area contributed by atoms with E-state index in [0.717, 1.165) is 18.5 Å². The second-order valence-corrected chi connectivity index (χ2v) is 3.87. The molecule has 1 aromatic rings. The smallest absolute Gasteiger partial charge is 0.124 e. The molecule has 0 heterocycles. The molecule has 1 aromatic carbocycles. The first-order valence-corrected chi connectivity index (χ1v) is 5.23. The number of nitrogens with one attached hydrogen (secondary N) is 1. The van der Waals surface area contributed by atoms with Gasteiger partial charge in [-0.25, -0.2) is 4.39 Å². The molecular weight excluding hydrogens is 201 g/mol. The summed E-state index contributed by atoms with van der Waals surface area (Å²) in [7, 11) is 0. The molecule has 0 amide bonds. The topological polar surface area (TPSA) is 12.0 Å². The molecule has 3 heteroatoms. The Labute approximate surface area is 89.3 Å². The van der Waals surface area contributed by atoms with Crippen molar-refractivity contribution in [2.75, 3.05) is 5.32 Å². The fourth-order valence-electron chi connectivity index (χ4n) is 1.38. The Bertz CT molecular complexity index is 301. The number of hydrogen-bond acceptors (Lipinski definition) is 1. The molecule has 1 atom stereocenters. The second kappa shape index (κ2) is 5.20. The van der Waals surface area contributed by atoms with Gasteiger partial charge in [0.2, 0.25) is 0 Å². The van der Waals surface area contributed by atoms with Gasteiger partial charge in [0.15, 0.2) is 0 Å². The van der Waals surface area contributed by atoms with E-state index in [1.807, 2.05) is 0 Å². The SMILES string of the molecule is CCCC(C)Nc1ccc(F)cc1Cl. The minimum Gasteiger partial charge on any atom is -0.381 e. The molecule has 0 aliphatic carbocycles. The van der Waals surface area contributed by atoms with Crippen molar-refractivity contribution < 1.29 is 4.39 Å². The number of benzene rings is 1. The van der Waals surface area contributed by atoms with E-state index in [1.165, 1.54) is 12.1 Å². The van der Waals surface area contributed by atoms with Crippen LogP contribution in [0.1, 0.15) is 26.7 Å². The van der Waals surface area contributed by atoms with Gasteiger partial charge in [-0.2, -0.15) is 0 Å². The molecular formula is C11H15ClFN. The van der Waals surface area contributed by atoms with Crippen LogP contribution in [0, 0.1) is 5.82 Å². The molecule has 0 saturated heterocycles. The van der Waals surface area contributed by atoms with Crippen molar-refractivity contribution in [2.45, 2.75) is 32.7 Å². The summed E-state index contributed by atoms with van der Waals surface area (Å²) in [6.45, 7) is 4.22. The van der Waals surface area contributed by atoms with Crippen molar-refractivity contribution in [1.29, 1.82) is 0 Å². The lowest BCUT2D eigenvalue weighted by Crippen LogP contribution is -2.14. The average Bonchev–Trinajstić information content (AvgIpc) is 2.10. The van der Waals surface area contributed by atoms with E-state index in [2.05, 4.69) is 19.2 Å². The maximum atomic E-state index is 12.7. The highest BCUT2D eigenvalue weighted by molar-refractivity contribution is 6.33. The minimum atomic E-state index is -0.302. The lowest BCUT2D eigenvalue weighted by atomic mass is 10.2. The van der Waals surface area contributed by atoms with Gasteiger partial charge in [0.05, 0.1) is 10.7 Å². The third kappa shape index (κ3) is 3.18. The van der Waals surface area contributed by atoms with Crippen molar-refractivity contribution in [3.63, 3.8) is 0 Å². The molecule has 0 saturated carbocycles. The van der Waals surface area contributed by atoms with Crippen LogP contribution in [0.4, 0.5) is 10.1 Å². The van der Waals surface area contributed by atoms with Crippen LogP contribution < -0.4 is 5.32 Å². The van der Waals surface area contributed by atoms with Crippen LogP contribution in [-0.4, -0.2) is 6.04 Å². The Kier molecular flexibility index (Phi) is 4.21. The summed E-state index contributed by atoms with van der Waals surface area (Å²) in [5, 5.41) is 3.68. The lowest BCUT2D eigenvalue weighted by molar-refractivity contribution is 0.627. The number of rotatable bonds is 4. The van der Waals surface area contributed by atoms with E-state index < -0.39 is 0 Å². The predicted octanol–water partition coefficient (Wildman–Crippen LogP) is 4.08. The number of halogens is 2. The Morgan fingerprint density at radius 2 is 2.21 bits per heavy atom. The van der Waals surface area contributed by atoms with E-state index in [-0.39, 0.29) is 5.82 Å². The van der Waals surface area contributed by atoms with Gasteiger partial charge < -0.3 is 5.32 Å². The minimum absolute atomic E-state index is 0.302. The average molecular weight is 216 g/mol. The summed E-state index contributed by atoms with van der Waals surface area (Å²) in [6.07, 6.45) is 2.20. The van der Waals surface area contributed by atoms with Crippen molar-refractivity contribution in [3.05, 3.63) is 29.0 Å². The molecule has 1 rings (SSSR count). The normalized spacial score (nSPS) is 12.6. The fraction of sp³-hybridized carbons (Fsp3) is 0.455. The Morgan fingerprint density at radius 3 is 2.79 bits per heavy atom. The highest BCUT2D eigenvalue weighted by Gasteiger charge is 2.04. The molecule has 1 N–H and O–H groups in total. The van der Waals surface area contributed by atoms with E-state index in [1.54, 1.807) is 6.07 Å². The first-order valence-electron chi connectivity index (χ1n) is 4.85. The summed E-state index contributed by atoms with van der Waals surface area (Å²) >= 11 is 5.87. The monoisotopic (exact) mass is 215 g/mol. The zero-order valence-electron chi connectivity index (χ0n) is 8.48. The molecule has 1 nitrogen and oxygen atoms in total. The molecule has 0 aliphatic rings. The summed E-state index contributed by atoms with van der Waals surface area (Å²) in [6, 6.07) is 4.77. The van der Waals surface area contributed by atoms with E-state index in [4.69, 9.17) is 11.6 Å². The van der Waals surface area contributed by atoms with Gasteiger partial charge in [0.1, 0.15) is 5.82 Å². The van der Waals surface area contributed by atoms with Gasteiger partial charge in [-0.15, -0.1) is 0 Å².